The molecule has 7 heteroatoms. The van der Waals surface area contributed by atoms with E-state index in [0.29, 0.717) is 11.6 Å². The summed E-state index contributed by atoms with van der Waals surface area (Å²) >= 11 is 0. The first-order chi connectivity index (χ1) is 14.6. The summed E-state index contributed by atoms with van der Waals surface area (Å²) in [5.41, 5.74) is 3.72. The topological polar surface area (TPSA) is 81.3 Å². The number of para-hydroxylation sites is 2. The van der Waals surface area contributed by atoms with Crippen LogP contribution in [0.5, 0.6) is 0 Å². The molecule has 0 spiro atoms. The average Bonchev–Trinajstić information content (AvgIpc) is 3.22. The van der Waals surface area contributed by atoms with Crippen LogP contribution in [-0.4, -0.2) is 52.4 Å². The Morgan fingerprint density at radius 3 is 2.80 bits per heavy atom. The number of anilines is 2. The molecule has 154 valence electrons. The van der Waals surface area contributed by atoms with E-state index in [0.717, 1.165) is 37.3 Å². The summed E-state index contributed by atoms with van der Waals surface area (Å²) in [6, 6.07) is 11.3. The van der Waals surface area contributed by atoms with Crippen LogP contribution >= 0.6 is 0 Å². The number of hydrogen-bond donors (Lipinski definition) is 2. The maximum absolute atomic E-state index is 13.3. The van der Waals surface area contributed by atoms with Crippen LogP contribution in [0.2, 0.25) is 0 Å². The van der Waals surface area contributed by atoms with Gasteiger partial charge in [-0.2, -0.15) is 0 Å². The summed E-state index contributed by atoms with van der Waals surface area (Å²) in [4.78, 5) is 36.9. The molecule has 5 rings (SSSR count). The molecule has 0 aliphatic carbocycles. The molecule has 1 saturated heterocycles. The number of pyridine rings is 1. The number of benzene rings is 1. The lowest BCUT2D eigenvalue weighted by Gasteiger charge is -2.38. The Morgan fingerprint density at radius 2 is 1.97 bits per heavy atom. The Hall–Kier alpha value is -3.19. The Labute approximate surface area is 175 Å². The standard InChI is InChI=1S/C23H25N5O2/c1-15(23(30)28-14-21(29)26-19-6-2-3-7-20(19)28)27-11-8-16(9-12-27)18-13-25-22-17(18)5-4-10-24-22/h2-7,10,13,15-16H,8-9,11-12,14H2,1H3,(H,24,25)(H,26,29). The van der Waals surface area contributed by atoms with Gasteiger partial charge in [-0.1, -0.05) is 12.1 Å². The highest BCUT2D eigenvalue weighted by molar-refractivity contribution is 6.11. The van der Waals surface area contributed by atoms with Crippen LogP contribution in [0.3, 0.4) is 0 Å². The zero-order chi connectivity index (χ0) is 20.7. The summed E-state index contributed by atoms with van der Waals surface area (Å²) in [6.07, 6.45) is 5.88. The van der Waals surface area contributed by atoms with Crippen molar-refractivity contribution in [2.24, 2.45) is 0 Å². The van der Waals surface area contributed by atoms with E-state index in [2.05, 4.69) is 32.4 Å². The molecule has 2 aromatic heterocycles. The predicted octanol–water partition coefficient (Wildman–Crippen LogP) is 3.12. The van der Waals surface area contributed by atoms with E-state index in [1.165, 1.54) is 10.9 Å². The minimum Gasteiger partial charge on any atom is -0.346 e. The number of hydrogen-bond acceptors (Lipinski definition) is 4. The van der Waals surface area contributed by atoms with Gasteiger partial charge in [0.05, 0.1) is 17.4 Å². The molecule has 1 fully saturated rings. The van der Waals surface area contributed by atoms with Crippen molar-refractivity contribution in [1.82, 2.24) is 14.9 Å². The third-order valence-electron chi connectivity index (χ3n) is 6.39. The van der Waals surface area contributed by atoms with E-state index >= 15 is 0 Å². The van der Waals surface area contributed by atoms with Gasteiger partial charge in [0.25, 0.3) is 0 Å². The molecule has 4 heterocycles. The predicted molar refractivity (Wildman–Crippen MR) is 117 cm³/mol. The van der Waals surface area contributed by atoms with Gasteiger partial charge in [-0.15, -0.1) is 0 Å². The first kappa shape index (κ1) is 18.8. The molecule has 30 heavy (non-hydrogen) atoms. The summed E-state index contributed by atoms with van der Waals surface area (Å²) in [6.45, 7) is 3.73. The maximum atomic E-state index is 13.3. The lowest BCUT2D eigenvalue weighted by molar-refractivity contribution is -0.125. The number of aromatic amines is 1. The third kappa shape index (κ3) is 3.25. The molecule has 2 N–H and O–H groups in total. The number of carbonyl (C=O) groups excluding carboxylic acids is 2. The van der Waals surface area contributed by atoms with Crippen molar-refractivity contribution in [3.63, 3.8) is 0 Å². The fourth-order valence-corrected chi connectivity index (χ4v) is 4.72. The first-order valence-corrected chi connectivity index (χ1v) is 10.5. The number of nitrogens with one attached hydrogen (secondary N) is 2. The number of nitrogens with zero attached hydrogens (tertiary/aromatic N) is 3. The Balaban J connectivity index is 1.28. The monoisotopic (exact) mass is 403 g/mol. The molecular formula is C23H25N5O2. The maximum Gasteiger partial charge on any atom is 0.244 e. The van der Waals surface area contributed by atoms with Gasteiger partial charge in [0.2, 0.25) is 11.8 Å². The molecule has 0 saturated carbocycles. The van der Waals surface area contributed by atoms with Crippen LogP contribution in [0.1, 0.15) is 31.2 Å². The molecule has 1 aromatic carbocycles. The number of rotatable bonds is 3. The SMILES string of the molecule is CC(C(=O)N1CC(=O)Nc2ccccc21)N1CCC(c2c[nH]c3ncccc23)CC1. The van der Waals surface area contributed by atoms with Crippen LogP contribution in [0.15, 0.2) is 48.8 Å². The van der Waals surface area contributed by atoms with Crippen molar-refractivity contribution in [2.75, 3.05) is 29.9 Å². The number of likely N-dealkylation sites (tertiary alicyclic amines) is 1. The quantitative estimate of drug-likeness (QED) is 0.704. The van der Waals surface area contributed by atoms with Crippen molar-refractivity contribution in [2.45, 2.75) is 31.7 Å². The number of aromatic nitrogens is 2. The minimum absolute atomic E-state index is 0.0213. The van der Waals surface area contributed by atoms with E-state index in [1.807, 2.05) is 37.3 Å². The van der Waals surface area contributed by atoms with Crippen LogP contribution < -0.4 is 10.2 Å². The van der Waals surface area contributed by atoms with Crippen molar-refractivity contribution < 1.29 is 9.59 Å². The Morgan fingerprint density at radius 1 is 1.17 bits per heavy atom. The molecule has 7 nitrogen and oxygen atoms in total. The van der Waals surface area contributed by atoms with Gasteiger partial charge in [-0.3, -0.25) is 19.4 Å². The molecule has 2 aliphatic heterocycles. The van der Waals surface area contributed by atoms with Crippen LogP contribution in [0.25, 0.3) is 11.0 Å². The van der Waals surface area contributed by atoms with Gasteiger partial charge >= 0.3 is 0 Å². The fourth-order valence-electron chi connectivity index (χ4n) is 4.72. The van der Waals surface area contributed by atoms with Gasteiger partial charge in [-0.25, -0.2) is 4.98 Å². The molecule has 1 atom stereocenters. The Bertz CT molecular complexity index is 1100. The average molecular weight is 403 g/mol. The zero-order valence-electron chi connectivity index (χ0n) is 17.0. The van der Waals surface area contributed by atoms with E-state index < -0.39 is 0 Å². The highest BCUT2D eigenvalue weighted by Crippen LogP contribution is 2.34. The van der Waals surface area contributed by atoms with Crippen molar-refractivity contribution in [3.8, 4) is 0 Å². The number of piperidine rings is 1. The van der Waals surface area contributed by atoms with Gasteiger partial charge in [0, 0.05) is 17.8 Å². The van der Waals surface area contributed by atoms with Crippen LogP contribution in [-0.2, 0) is 9.59 Å². The first-order valence-electron chi connectivity index (χ1n) is 10.5. The molecule has 2 aliphatic rings. The van der Waals surface area contributed by atoms with Crippen LogP contribution in [0.4, 0.5) is 11.4 Å². The van der Waals surface area contributed by atoms with E-state index in [-0.39, 0.29) is 24.4 Å². The number of H-pyrrole nitrogens is 1. The summed E-state index contributed by atoms with van der Waals surface area (Å²) in [5.74, 6) is 0.288. The normalized spacial score (nSPS) is 18.8. The second kappa shape index (κ2) is 7.57. The molecular weight excluding hydrogens is 378 g/mol. The third-order valence-corrected chi connectivity index (χ3v) is 6.39. The largest absolute Gasteiger partial charge is 0.346 e. The molecule has 3 aromatic rings. The molecule has 0 bridgehead atoms. The second-order valence-electron chi connectivity index (χ2n) is 8.12. The van der Waals surface area contributed by atoms with E-state index in [9.17, 15) is 9.59 Å². The fraction of sp³-hybridized carbons (Fsp3) is 0.348. The van der Waals surface area contributed by atoms with E-state index in [4.69, 9.17) is 0 Å². The van der Waals surface area contributed by atoms with Crippen LogP contribution in [0, 0.1) is 0 Å². The summed E-state index contributed by atoms with van der Waals surface area (Å²) in [5, 5.41) is 4.04. The lowest BCUT2D eigenvalue weighted by atomic mass is 9.89. The zero-order valence-corrected chi connectivity index (χ0v) is 17.0. The minimum atomic E-state index is -0.269. The van der Waals surface area contributed by atoms with E-state index in [1.54, 1.807) is 11.1 Å². The molecule has 1 unspecified atom stereocenters. The highest BCUT2D eigenvalue weighted by atomic mass is 16.2. The number of amides is 2. The summed E-state index contributed by atoms with van der Waals surface area (Å²) < 4.78 is 0. The van der Waals surface area contributed by atoms with Crippen molar-refractivity contribution in [3.05, 3.63) is 54.4 Å². The second-order valence-corrected chi connectivity index (χ2v) is 8.12. The van der Waals surface area contributed by atoms with Gasteiger partial charge < -0.3 is 10.3 Å². The summed E-state index contributed by atoms with van der Waals surface area (Å²) in [7, 11) is 0. The number of fused-ring (bicyclic) bond motifs is 2. The molecule has 2 amide bonds. The molecule has 0 radical (unpaired) electrons. The smallest absolute Gasteiger partial charge is 0.244 e. The van der Waals surface area contributed by atoms with Crippen molar-refractivity contribution in [1.29, 1.82) is 0 Å². The van der Waals surface area contributed by atoms with Crippen molar-refractivity contribution >= 4 is 34.2 Å². The van der Waals surface area contributed by atoms with Gasteiger partial charge in [0.15, 0.2) is 0 Å². The Kier molecular flexibility index (Phi) is 4.75. The lowest BCUT2D eigenvalue weighted by Crippen LogP contribution is -2.52. The number of carbonyl (C=O) groups is 2. The van der Waals surface area contributed by atoms with Gasteiger partial charge in [-0.05, 0) is 68.6 Å². The van der Waals surface area contributed by atoms with Gasteiger partial charge in [0.1, 0.15) is 12.2 Å². The highest BCUT2D eigenvalue weighted by Gasteiger charge is 2.34.